The average Bonchev–Trinajstić information content (AvgIpc) is 3.02. The summed E-state index contributed by atoms with van der Waals surface area (Å²) in [5, 5.41) is 23.6. The summed E-state index contributed by atoms with van der Waals surface area (Å²) in [6.07, 6.45) is 0. The number of rotatable bonds is 3. The highest BCUT2D eigenvalue weighted by Gasteiger charge is 2.43. The number of non-ortho nitro benzene ring substituents is 1. The number of phenolic OH excluding ortho intramolecular Hbond substituents is 1. The lowest BCUT2D eigenvalue weighted by Gasteiger charge is -2.30. The second-order valence-electron chi connectivity index (χ2n) is 6.57. The summed E-state index contributed by atoms with van der Waals surface area (Å²) in [4.78, 5) is 39.0. The van der Waals surface area contributed by atoms with Crippen molar-refractivity contribution in [2.75, 3.05) is 18.5 Å². The van der Waals surface area contributed by atoms with Gasteiger partial charge in [-0.05, 0) is 17.7 Å². The molecule has 0 aliphatic carbocycles. The Hall–Kier alpha value is -3.88. The van der Waals surface area contributed by atoms with Gasteiger partial charge >= 0.3 is 6.03 Å². The Balaban J connectivity index is 1.78. The van der Waals surface area contributed by atoms with Crippen molar-refractivity contribution in [1.29, 1.82) is 0 Å². The van der Waals surface area contributed by atoms with Crippen LogP contribution in [0.2, 0.25) is 0 Å². The SMILES string of the molecule is CN1C(=O)N[C@@H](c2cccc([N+](=O)[O-])c2)C2=C1CN(c1cccc(O)c1)C2=O. The lowest BCUT2D eigenvalue weighted by molar-refractivity contribution is -0.384. The summed E-state index contributed by atoms with van der Waals surface area (Å²) >= 11 is 0. The number of nitrogens with zero attached hydrogens (tertiary/aromatic N) is 3. The number of anilines is 1. The Labute approximate surface area is 159 Å². The van der Waals surface area contributed by atoms with E-state index in [4.69, 9.17) is 0 Å². The van der Waals surface area contributed by atoms with E-state index in [1.54, 1.807) is 25.2 Å². The van der Waals surface area contributed by atoms with E-state index >= 15 is 0 Å². The molecule has 4 rings (SSSR count). The molecule has 2 aliphatic heterocycles. The predicted octanol–water partition coefficient (Wildman–Crippen LogP) is 2.30. The molecule has 2 N–H and O–H groups in total. The maximum atomic E-state index is 13.2. The molecule has 0 unspecified atom stereocenters. The summed E-state index contributed by atoms with van der Waals surface area (Å²) in [5.41, 5.74) is 1.70. The van der Waals surface area contributed by atoms with Crippen molar-refractivity contribution in [2.45, 2.75) is 6.04 Å². The second-order valence-corrected chi connectivity index (χ2v) is 6.57. The predicted molar refractivity (Wildman–Crippen MR) is 99.6 cm³/mol. The molecule has 0 radical (unpaired) electrons. The second kappa shape index (κ2) is 6.38. The van der Waals surface area contributed by atoms with Crippen molar-refractivity contribution in [3.63, 3.8) is 0 Å². The molecule has 9 heteroatoms. The number of urea groups is 1. The Kier molecular flexibility index (Phi) is 3.99. The molecule has 0 fully saturated rings. The monoisotopic (exact) mass is 380 g/mol. The Morgan fingerprint density at radius 2 is 1.93 bits per heavy atom. The first-order chi connectivity index (χ1) is 13.4. The zero-order chi connectivity index (χ0) is 20.0. The van der Waals surface area contributed by atoms with E-state index in [1.807, 2.05) is 0 Å². The Bertz CT molecular complexity index is 1050. The van der Waals surface area contributed by atoms with Crippen LogP contribution in [0.15, 0.2) is 59.8 Å². The molecule has 0 bridgehead atoms. The van der Waals surface area contributed by atoms with E-state index in [9.17, 15) is 24.8 Å². The van der Waals surface area contributed by atoms with Crippen molar-refractivity contribution < 1.29 is 19.6 Å². The fourth-order valence-corrected chi connectivity index (χ4v) is 3.50. The number of carbonyl (C=O) groups is 2. The van der Waals surface area contributed by atoms with Gasteiger partial charge in [-0.2, -0.15) is 0 Å². The number of amides is 3. The quantitative estimate of drug-likeness (QED) is 0.626. The molecule has 3 amide bonds. The van der Waals surface area contributed by atoms with Crippen LogP contribution in [0.25, 0.3) is 0 Å². The van der Waals surface area contributed by atoms with Crippen molar-refractivity contribution in [1.82, 2.24) is 10.2 Å². The minimum atomic E-state index is -0.798. The van der Waals surface area contributed by atoms with Crippen LogP contribution in [0.5, 0.6) is 5.75 Å². The topological polar surface area (TPSA) is 116 Å². The molecule has 0 saturated heterocycles. The summed E-state index contributed by atoms with van der Waals surface area (Å²) in [5.74, 6) is -0.308. The molecular weight excluding hydrogens is 364 g/mol. The molecule has 2 aliphatic rings. The maximum absolute atomic E-state index is 13.2. The third-order valence-electron chi connectivity index (χ3n) is 4.92. The van der Waals surface area contributed by atoms with Crippen molar-refractivity contribution in [3.05, 3.63) is 75.5 Å². The number of hydrogen-bond acceptors (Lipinski definition) is 5. The van der Waals surface area contributed by atoms with E-state index in [0.717, 1.165) is 0 Å². The molecule has 2 aromatic rings. The zero-order valence-electron chi connectivity index (χ0n) is 14.8. The van der Waals surface area contributed by atoms with Gasteiger partial charge in [0.25, 0.3) is 11.6 Å². The molecule has 2 heterocycles. The minimum absolute atomic E-state index is 0.0213. The third-order valence-corrected chi connectivity index (χ3v) is 4.92. The number of benzene rings is 2. The first-order valence-electron chi connectivity index (χ1n) is 8.49. The van der Waals surface area contributed by atoms with Crippen LogP contribution in [0, 0.1) is 10.1 Å². The van der Waals surface area contributed by atoms with Crippen molar-refractivity contribution in [2.24, 2.45) is 0 Å². The number of carbonyl (C=O) groups excluding carboxylic acids is 2. The lowest BCUT2D eigenvalue weighted by atomic mass is 9.95. The molecule has 142 valence electrons. The molecular formula is C19H16N4O5. The number of nitro benzene ring substituents is 1. The third kappa shape index (κ3) is 2.73. The molecule has 2 aromatic carbocycles. The van der Waals surface area contributed by atoms with Crippen LogP contribution >= 0.6 is 0 Å². The smallest absolute Gasteiger partial charge is 0.322 e. The number of likely N-dealkylation sites (N-methyl/N-ethyl adjacent to an activating group) is 1. The highest BCUT2D eigenvalue weighted by molar-refractivity contribution is 6.11. The number of nitro groups is 1. The highest BCUT2D eigenvalue weighted by Crippen LogP contribution is 2.38. The first kappa shape index (κ1) is 17.5. The summed E-state index contributed by atoms with van der Waals surface area (Å²) < 4.78 is 0. The van der Waals surface area contributed by atoms with E-state index < -0.39 is 17.0 Å². The number of aromatic hydroxyl groups is 1. The zero-order valence-corrected chi connectivity index (χ0v) is 14.8. The standard InChI is InChI=1S/C19H16N4O5/c1-21-15-10-22(12-5-3-7-14(24)9-12)18(25)16(15)17(20-19(21)26)11-4-2-6-13(8-11)23(27)28/h2-9,17,24H,10H2,1H3,(H,20,26)/t17-/m0/s1. The molecule has 0 aromatic heterocycles. The van der Waals surface area contributed by atoms with Crippen LogP contribution in [0.1, 0.15) is 11.6 Å². The van der Waals surface area contributed by atoms with Gasteiger partial charge in [-0.25, -0.2) is 4.79 Å². The van der Waals surface area contributed by atoms with Gasteiger partial charge in [0.1, 0.15) is 5.75 Å². The largest absolute Gasteiger partial charge is 0.508 e. The van der Waals surface area contributed by atoms with Gasteiger partial charge in [-0.3, -0.25) is 19.8 Å². The Morgan fingerprint density at radius 3 is 2.64 bits per heavy atom. The van der Waals surface area contributed by atoms with Crippen LogP contribution in [0.4, 0.5) is 16.2 Å². The molecule has 0 saturated carbocycles. The summed E-state index contributed by atoms with van der Waals surface area (Å²) in [6, 6.07) is 10.9. The van der Waals surface area contributed by atoms with E-state index in [0.29, 0.717) is 22.5 Å². The van der Waals surface area contributed by atoms with Gasteiger partial charge in [0.05, 0.1) is 28.8 Å². The van der Waals surface area contributed by atoms with E-state index in [-0.39, 0.29) is 23.9 Å². The van der Waals surface area contributed by atoms with Gasteiger partial charge in [0.2, 0.25) is 0 Å². The van der Waals surface area contributed by atoms with Gasteiger partial charge < -0.3 is 15.3 Å². The fourth-order valence-electron chi connectivity index (χ4n) is 3.50. The molecule has 1 atom stereocenters. The van der Waals surface area contributed by atoms with Gasteiger partial charge in [0, 0.05) is 30.9 Å². The normalized spacial score (nSPS) is 19.0. The fraction of sp³-hybridized carbons (Fsp3) is 0.158. The van der Waals surface area contributed by atoms with Gasteiger partial charge in [0.15, 0.2) is 0 Å². The van der Waals surface area contributed by atoms with E-state index in [1.165, 1.54) is 40.1 Å². The van der Waals surface area contributed by atoms with Crippen LogP contribution in [-0.4, -0.2) is 40.5 Å². The number of hydrogen-bond donors (Lipinski definition) is 2. The maximum Gasteiger partial charge on any atom is 0.322 e. The Morgan fingerprint density at radius 1 is 1.18 bits per heavy atom. The van der Waals surface area contributed by atoms with Gasteiger partial charge in [-0.15, -0.1) is 0 Å². The van der Waals surface area contributed by atoms with Gasteiger partial charge in [-0.1, -0.05) is 18.2 Å². The van der Waals surface area contributed by atoms with Crippen molar-refractivity contribution >= 4 is 23.3 Å². The van der Waals surface area contributed by atoms with Crippen LogP contribution in [-0.2, 0) is 4.79 Å². The van der Waals surface area contributed by atoms with Crippen LogP contribution < -0.4 is 10.2 Å². The highest BCUT2D eigenvalue weighted by atomic mass is 16.6. The van der Waals surface area contributed by atoms with Crippen molar-refractivity contribution in [3.8, 4) is 5.75 Å². The summed E-state index contributed by atoms with van der Waals surface area (Å²) in [6.45, 7) is 0.160. The number of phenols is 1. The lowest BCUT2D eigenvalue weighted by Crippen LogP contribution is -2.45. The van der Waals surface area contributed by atoms with E-state index in [2.05, 4.69) is 5.32 Å². The summed E-state index contributed by atoms with van der Waals surface area (Å²) in [7, 11) is 1.56. The minimum Gasteiger partial charge on any atom is -0.508 e. The molecule has 9 nitrogen and oxygen atoms in total. The molecule has 0 spiro atoms. The molecule has 28 heavy (non-hydrogen) atoms. The first-order valence-corrected chi connectivity index (χ1v) is 8.49. The number of nitrogens with one attached hydrogen (secondary N) is 1. The van der Waals surface area contributed by atoms with Crippen LogP contribution in [0.3, 0.4) is 0 Å². The average molecular weight is 380 g/mol.